The van der Waals surface area contributed by atoms with Crippen molar-refractivity contribution in [2.75, 3.05) is 13.2 Å². The van der Waals surface area contributed by atoms with Crippen LogP contribution in [0.25, 0.3) is 0 Å². The predicted molar refractivity (Wildman–Crippen MR) is 141 cm³/mol. The largest absolute Gasteiger partial charge is 0.483 e. The fraction of sp³-hybridized carbons (Fsp3) is 0.357. The van der Waals surface area contributed by atoms with Crippen molar-refractivity contribution in [2.24, 2.45) is 5.41 Å². The Kier molecular flexibility index (Phi) is 8.51. The molecule has 2 atom stereocenters. The van der Waals surface area contributed by atoms with E-state index in [0.29, 0.717) is 5.56 Å². The van der Waals surface area contributed by atoms with E-state index in [1.54, 1.807) is 37.3 Å². The fourth-order valence-corrected chi connectivity index (χ4v) is 6.60. The molecule has 0 saturated carbocycles. The monoisotopic (exact) mass is 619 g/mol. The van der Waals surface area contributed by atoms with Gasteiger partial charge in [0.1, 0.15) is 11.2 Å². The molecule has 1 fully saturated rings. The summed E-state index contributed by atoms with van der Waals surface area (Å²) in [6, 6.07) is 22.5. The Balaban J connectivity index is 1.64. The highest BCUT2D eigenvalue weighted by molar-refractivity contribution is 7.97. The normalized spacial score (nSPS) is 23.5. The second kappa shape index (κ2) is 11.2. The van der Waals surface area contributed by atoms with Gasteiger partial charge in [-0.25, -0.2) is 0 Å². The Bertz CT molecular complexity index is 1460. The molecule has 6 nitrogen and oxygen atoms in total. The van der Waals surface area contributed by atoms with E-state index in [0.717, 1.165) is 28.5 Å². The molecule has 1 saturated heterocycles. The highest BCUT2D eigenvalue weighted by Gasteiger charge is 2.56. The number of halogens is 5. The third kappa shape index (κ3) is 6.38. The van der Waals surface area contributed by atoms with E-state index >= 15 is 0 Å². The van der Waals surface area contributed by atoms with E-state index in [2.05, 4.69) is 0 Å². The highest BCUT2D eigenvalue weighted by atomic mass is 32.2. The molecule has 1 aliphatic heterocycles. The van der Waals surface area contributed by atoms with Crippen molar-refractivity contribution < 1.29 is 49.1 Å². The summed E-state index contributed by atoms with van der Waals surface area (Å²) in [5, 5.41) is -4.52. The lowest BCUT2D eigenvalue weighted by Crippen LogP contribution is -2.52. The quantitative estimate of drug-likeness (QED) is 0.169. The van der Waals surface area contributed by atoms with Crippen molar-refractivity contribution in [3.05, 3.63) is 84.4 Å². The Labute approximate surface area is 237 Å². The van der Waals surface area contributed by atoms with E-state index in [1.165, 1.54) is 12.1 Å². The summed E-state index contributed by atoms with van der Waals surface area (Å²) in [5.74, 6) is -1.46. The molecule has 0 spiro atoms. The predicted octanol–water partition coefficient (Wildman–Crippen LogP) is 6.82. The molecule has 1 aliphatic rings. The van der Waals surface area contributed by atoms with Crippen LogP contribution in [-0.4, -0.2) is 43.7 Å². The molecule has 0 aliphatic carbocycles. The maximum Gasteiger partial charge on any atom is 0.405 e. The van der Waals surface area contributed by atoms with Crippen molar-refractivity contribution in [2.45, 2.75) is 58.8 Å². The molecule has 1 N–H and O–H groups in total. The van der Waals surface area contributed by atoms with Crippen LogP contribution in [-0.2, 0) is 36.3 Å². The van der Waals surface area contributed by atoms with Gasteiger partial charge >= 0.3 is 21.5 Å². The third-order valence-electron chi connectivity index (χ3n) is 6.78. The summed E-state index contributed by atoms with van der Waals surface area (Å²) in [7, 11) is -6.44. The van der Waals surface area contributed by atoms with E-state index in [4.69, 9.17) is 18.8 Å². The van der Waals surface area contributed by atoms with Crippen LogP contribution >= 0.6 is 0 Å². The van der Waals surface area contributed by atoms with Gasteiger partial charge < -0.3 is 14.2 Å². The van der Waals surface area contributed by atoms with E-state index in [9.17, 15) is 30.4 Å². The van der Waals surface area contributed by atoms with Crippen molar-refractivity contribution in [3.63, 3.8) is 0 Å². The SMILES string of the molecule is CC(Oc1ccc([S+](c2ccccc2)c2cccc(C3(C)OCC(C)(C(F)(F)F)CO3)c2)cc1)C(F)(F)S(=O)(=O)O. The van der Waals surface area contributed by atoms with Gasteiger partial charge in [0.15, 0.2) is 26.6 Å². The van der Waals surface area contributed by atoms with Gasteiger partial charge in [-0.3, -0.25) is 4.55 Å². The Morgan fingerprint density at radius 2 is 1.39 bits per heavy atom. The number of hydrogen-bond acceptors (Lipinski definition) is 5. The first kappa shape index (κ1) is 31.2. The molecule has 0 amide bonds. The van der Waals surface area contributed by atoms with Gasteiger partial charge in [0, 0.05) is 11.6 Å². The Morgan fingerprint density at radius 1 is 0.854 bits per heavy atom. The smallest absolute Gasteiger partial charge is 0.405 e. The van der Waals surface area contributed by atoms with E-state index < -0.39 is 63.0 Å². The van der Waals surface area contributed by atoms with E-state index in [1.807, 2.05) is 36.4 Å². The molecular weight excluding hydrogens is 591 g/mol. The van der Waals surface area contributed by atoms with Crippen LogP contribution in [0, 0.1) is 5.41 Å². The molecule has 3 aromatic carbocycles. The lowest BCUT2D eigenvalue weighted by molar-refractivity contribution is -0.354. The molecule has 41 heavy (non-hydrogen) atoms. The highest BCUT2D eigenvalue weighted by Crippen LogP contribution is 2.46. The number of hydrogen-bond donors (Lipinski definition) is 1. The first-order valence-corrected chi connectivity index (χ1v) is 15.0. The summed E-state index contributed by atoms with van der Waals surface area (Å²) in [5.41, 5.74) is -1.61. The Hall–Kier alpha value is -2.71. The van der Waals surface area contributed by atoms with Gasteiger partial charge in [0.2, 0.25) is 0 Å². The van der Waals surface area contributed by atoms with Crippen LogP contribution in [0.1, 0.15) is 26.3 Å². The third-order valence-corrected chi connectivity index (χ3v) is 10.0. The maximum atomic E-state index is 13.9. The molecule has 3 aromatic rings. The van der Waals surface area contributed by atoms with Crippen molar-refractivity contribution in [1.29, 1.82) is 0 Å². The molecule has 0 bridgehead atoms. The van der Waals surface area contributed by atoms with Gasteiger partial charge in [-0.05, 0) is 63.2 Å². The Morgan fingerprint density at radius 3 is 1.93 bits per heavy atom. The molecule has 0 aromatic heterocycles. The first-order chi connectivity index (χ1) is 19.0. The molecule has 4 rings (SSSR count). The standard InChI is InChI=1S/C28H27F5O6S2/c1-19(27(29,30)41(34,35)36)39-21-12-14-23(15-13-21)40(22-9-5-4-6-10-22)24-11-7-8-20(16-24)26(3)37-17-25(2,18-38-26)28(31,32)33/h4-16,19H,17-18H2,1-3H3/p+1. The number of ether oxygens (including phenoxy) is 3. The van der Waals surface area contributed by atoms with Crippen LogP contribution in [0.3, 0.4) is 0 Å². The average molecular weight is 620 g/mol. The molecule has 1 heterocycles. The average Bonchev–Trinajstić information content (AvgIpc) is 2.91. The van der Waals surface area contributed by atoms with Crippen LogP contribution in [0.4, 0.5) is 22.0 Å². The summed E-state index contributed by atoms with van der Waals surface area (Å²) >= 11 is 0. The number of benzene rings is 3. The number of alkyl halides is 5. The van der Waals surface area contributed by atoms with Gasteiger partial charge in [0.25, 0.3) is 0 Å². The first-order valence-electron chi connectivity index (χ1n) is 12.3. The molecular formula is C28H28F5O6S2+. The minimum absolute atomic E-state index is 0.0424. The zero-order valence-corrected chi connectivity index (χ0v) is 23.8. The molecule has 0 radical (unpaired) electrons. The van der Waals surface area contributed by atoms with Crippen LogP contribution in [0.15, 0.2) is 93.5 Å². The number of rotatable bonds is 8. The molecule has 2 unspecified atom stereocenters. The minimum Gasteiger partial charge on any atom is -0.483 e. The lowest BCUT2D eigenvalue weighted by Gasteiger charge is -2.43. The van der Waals surface area contributed by atoms with Gasteiger partial charge in [-0.2, -0.15) is 30.4 Å². The zero-order valence-electron chi connectivity index (χ0n) is 22.2. The molecule has 222 valence electrons. The lowest BCUT2D eigenvalue weighted by atomic mass is 9.90. The van der Waals surface area contributed by atoms with Gasteiger partial charge in [-0.15, -0.1) is 0 Å². The topological polar surface area (TPSA) is 82.1 Å². The molecule has 13 heteroatoms. The fourth-order valence-electron chi connectivity index (χ4n) is 4.01. The second-order valence-electron chi connectivity index (χ2n) is 10.00. The van der Waals surface area contributed by atoms with E-state index in [-0.39, 0.29) is 5.75 Å². The van der Waals surface area contributed by atoms with Crippen molar-refractivity contribution in [3.8, 4) is 5.75 Å². The van der Waals surface area contributed by atoms with Crippen molar-refractivity contribution in [1.82, 2.24) is 0 Å². The maximum absolute atomic E-state index is 13.9. The van der Waals surface area contributed by atoms with Gasteiger partial charge in [-0.1, -0.05) is 30.3 Å². The minimum atomic E-state index is -5.68. The van der Waals surface area contributed by atoms with Crippen LogP contribution in [0.5, 0.6) is 5.75 Å². The van der Waals surface area contributed by atoms with Crippen LogP contribution < -0.4 is 4.74 Å². The summed E-state index contributed by atoms with van der Waals surface area (Å²) in [4.78, 5) is 2.42. The summed E-state index contributed by atoms with van der Waals surface area (Å²) in [6.45, 7) is 2.30. The van der Waals surface area contributed by atoms with Gasteiger partial charge in [0.05, 0.1) is 24.1 Å². The van der Waals surface area contributed by atoms with Crippen LogP contribution in [0.2, 0.25) is 0 Å². The summed E-state index contributed by atoms with van der Waals surface area (Å²) in [6.07, 6.45) is -6.66. The zero-order chi connectivity index (χ0) is 30.3. The second-order valence-corrected chi connectivity index (χ2v) is 13.5. The van der Waals surface area contributed by atoms with Crippen molar-refractivity contribution >= 4 is 21.0 Å². The summed E-state index contributed by atoms with van der Waals surface area (Å²) < 4.78 is 116.